The Labute approximate surface area is 89.8 Å². The van der Waals surface area contributed by atoms with Gasteiger partial charge in [0.1, 0.15) is 0 Å². The van der Waals surface area contributed by atoms with E-state index in [4.69, 9.17) is 11.6 Å². The Morgan fingerprint density at radius 1 is 1.14 bits per heavy atom. The third-order valence-corrected chi connectivity index (χ3v) is 2.77. The molecule has 2 heteroatoms. The molecule has 1 N–H and O–H groups in total. The molecule has 0 spiro atoms. The van der Waals surface area contributed by atoms with Crippen LogP contribution in [0.3, 0.4) is 0 Å². The Morgan fingerprint density at radius 2 is 1.79 bits per heavy atom. The highest BCUT2D eigenvalue weighted by Gasteiger charge is 2.08. The van der Waals surface area contributed by atoms with Crippen LogP contribution in [0.1, 0.15) is 18.4 Å². The van der Waals surface area contributed by atoms with Crippen LogP contribution >= 0.6 is 11.6 Å². The average Bonchev–Trinajstić information content (AvgIpc) is 2.70. The van der Waals surface area contributed by atoms with E-state index in [2.05, 4.69) is 29.6 Å². The van der Waals surface area contributed by atoms with E-state index < -0.39 is 0 Å². The summed E-state index contributed by atoms with van der Waals surface area (Å²) in [6, 6.07) is 8.64. The molecule has 0 aromatic heterocycles. The van der Waals surface area contributed by atoms with E-state index in [9.17, 15) is 0 Å². The number of hydrogen-bond acceptors (Lipinski definition) is 1. The van der Waals surface area contributed by atoms with Gasteiger partial charge in [0.05, 0.1) is 0 Å². The molecule has 1 aliphatic rings. The van der Waals surface area contributed by atoms with E-state index in [1.165, 1.54) is 5.56 Å². The van der Waals surface area contributed by atoms with Gasteiger partial charge >= 0.3 is 0 Å². The Bertz CT molecular complexity index is 308. The lowest BCUT2D eigenvalue weighted by atomic mass is 10.2. The predicted octanol–water partition coefficient (Wildman–Crippen LogP) is 3.15. The molecule has 2 rings (SSSR count). The second-order valence-corrected chi connectivity index (χ2v) is 4.08. The van der Waals surface area contributed by atoms with Crippen LogP contribution in [-0.4, -0.2) is 6.04 Å². The van der Waals surface area contributed by atoms with E-state index in [-0.39, 0.29) is 0 Å². The van der Waals surface area contributed by atoms with E-state index >= 15 is 0 Å². The molecule has 1 aliphatic carbocycles. The van der Waals surface area contributed by atoms with E-state index in [1.54, 1.807) is 0 Å². The Kier molecular flexibility index (Phi) is 3.22. The first-order valence-electron chi connectivity index (χ1n) is 4.97. The Hall–Kier alpha value is -0.790. The molecule has 0 saturated heterocycles. The highest BCUT2D eigenvalue weighted by atomic mass is 35.5. The summed E-state index contributed by atoms with van der Waals surface area (Å²) >= 11 is 5.81. The first-order chi connectivity index (χ1) is 6.84. The number of benzene rings is 1. The van der Waals surface area contributed by atoms with Crippen LogP contribution in [0.25, 0.3) is 0 Å². The van der Waals surface area contributed by atoms with Crippen molar-refractivity contribution in [2.24, 2.45) is 0 Å². The molecule has 1 aromatic rings. The second-order valence-electron chi connectivity index (χ2n) is 3.65. The summed E-state index contributed by atoms with van der Waals surface area (Å²) in [7, 11) is 0. The van der Waals surface area contributed by atoms with Crippen LogP contribution in [0, 0.1) is 0 Å². The summed E-state index contributed by atoms with van der Waals surface area (Å²) in [5, 5.41) is 4.31. The van der Waals surface area contributed by atoms with Gasteiger partial charge < -0.3 is 5.32 Å². The van der Waals surface area contributed by atoms with Crippen molar-refractivity contribution in [2.75, 3.05) is 0 Å². The summed E-state index contributed by atoms with van der Waals surface area (Å²) in [6.07, 6.45) is 6.79. The first-order valence-corrected chi connectivity index (χ1v) is 5.35. The summed E-state index contributed by atoms with van der Waals surface area (Å²) in [5.41, 5.74) is 1.29. The third kappa shape index (κ3) is 2.60. The SMILES string of the molecule is Clc1ccc(CNC2CC=CC2)cc1. The van der Waals surface area contributed by atoms with Gasteiger partial charge in [0, 0.05) is 17.6 Å². The highest BCUT2D eigenvalue weighted by Crippen LogP contribution is 2.12. The quantitative estimate of drug-likeness (QED) is 0.751. The number of halogens is 1. The fourth-order valence-corrected chi connectivity index (χ4v) is 1.77. The van der Waals surface area contributed by atoms with E-state index in [0.717, 1.165) is 24.4 Å². The van der Waals surface area contributed by atoms with E-state index in [1.807, 2.05) is 12.1 Å². The van der Waals surface area contributed by atoms with Gasteiger partial charge in [-0.15, -0.1) is 0 Å². The summed E-state index contributed by atoms with van der Waals surface area (Å²) < 4.78 is 0. The van der Waals surface area contributed by atoms with Crippen LogP contribution in [0.5, 0.6) is 0 Å². The molecule has 0 radical (unpaired) electrons. The summed E-state index contributed by atoms with van der Waals surface area (Å²) in [5.74, 6) is 0. The molecule has 0 unspecified atom stereocenters. The van der Waals surface area contributed by atoms with Crippen molar-refractivity contribution in [1.29, 1.82) is 0 Å². The fourth-order valence-electron chi connectivity index (χ4n) is 1.65. The van der Waals surface area contributed by atoms with Gasteiger partial charge in [0.25, 0.3) is 0 Å². The molecular weight excluding hydrogens is 194 g/mol. The largest absolute Gasteiger partial charge is 0.309 e. The van der Waals surface area contributed by atoms with Crippen LogP contribution in [0.2, 0.25) is 5.02 Å². The van der Waals surface area contributed by atoms with Crippen LogP contribution in [0.15, 0.2) is 36.4 Å². The molecule has 0 atom stereocenters. The molecule has 0 fully saturated rings. The molecule has 0 amide bonds. The average molecular weight is 208 g/mol. The number of rotatable bonds is 3. The monoisotopic (exact) mass is 207 g/mol. The minimum absolute atomic E-state index is 0.630. The van der Waals surface area contributed by atoms with Crippen LogP contribution in [0.4, 0.5) is 0 Å². The molecular formula is C12H14ClN. The zero-order chi connectivity index (χ0) is 9.80. The van der Waals surface area contributed by atoms with Gasteiger partial charge in [-0.2, -0.15) is 0 Å². The van der Waals surface area contributed by atoms with Crippen LogP contribution in [-0.2, 0) is 6.54 Å². The van der Waals surface area contributed by atoms with Crippen LogP contribution < -0.4 is 5.32 Å². The third-order valence-electron chi connectivity index (χ3n) is 2.52. The highest BCUT2D eigenvalue weighted by molar-refractivity contribution is 6.30. The predicted molar refractivity (Wildman–Crippen MR) is 60.5 cm³/mol. The maximum absolute atomic E-state index is 5.81. The zero-order valence-electron chi connectivity index (χ0n) is 8.04. The van der Waals surface area contributed by atoms with Crippen molar-refractivity contribution in [3.8, 4) is 0 Å². The maximum Gasteiger partial charge on any atom is 0.0406 e. The zero-order valence-corrected chi connectivity index (χ0v) is 8.80. The maximum atomic E-state index is 5.81. The van der Waals surface area contributed by atoms with Crippen molar-refractivity contribution in [2.45, 2.75) is 25.4 Å². The van der Waals surface area contributed by atoms with Crippen molar-refractivity contribution in [3.63, 3.8) is 0 Å². The molecule has 1 aromatic carbocycles. The molecule has 0 bridgehead atoms. The van der Waals surface area contributed by atoms with Gasteiger partial charge in [-0.25, -0.2) is 0 Å². The van der Waals surface area contributed by atoms with E-state index in [0.29, 0.717) is 6.04 Å². The molecule has 1 nitrogen and oxygen atoms in total. The summed E-state index contributed by atoms with van der Waals surface area (Å²) in [4.78, 5) is 0. The van der Waals surface area contributed by atoms with Crippen molar-refractivity contribution >= 4 is 11.6 Å². The van der Waals surface area contributed by atoms with Gasteiger partial charge in [0.2, 0.25) is 0 Å². The van der Waals surface area contributed by atoms with Gasteiger partial charge in [-0.1, -0.05) is 35.9 Å². The molecule has 74 valence electrons. The topological polar surface area (TPSA) is 12.0 Å². The molecule has 14 heavy (non-hydrogen) atoms. The van der Waals surface area contributed by atoms with Gasteiger partial charge in [-0.3, -0.25) is 0 Å². The summed E-state index contributed by atoms with van der Waals surface area (Å²) in [6.45, 7) is 0.934. The minimum atomic E-state index is 0.630. The standard InChI is InChI=1S/C12H14ClN/c13-11-7-5-10(6-8-11)9-14-12-3-1-2-4-12/h1-2,5-8,12,14H,3-4,9H2. The Balaban J connectivity index is 1.82. The lowest BCUT2D eigenvalue weighted by molar-refractivity contribution is 0.538. The van der Waals surface area contributed by atoms with Crippen molar-refractivity contribution in [1.82, 2.24) is 5.32 Å². The second kappa shape index (κ2) is 4.63. The normalized spacial score (nSPS) is 16.4. The minimum Gasteiger partial charge on any atom is -0.309 e. The fraction of sp³-hybridized carbons (Fsp3) is 0.333. The molecule has 0 saturated carbocycles. The molecule has 0 aliphatic heterocycles. The van der Waals surface area contributed by atoms with Crippen molar-refractivity contribution in [3.05, 3.63) is 47.0 Å². The number of nitrogens with one attached hydrogen (secondary N) is 1. The lowest BCUT2D eigenvalue weighted by Crippen LogP contribution is -2.25. The smallest absolute Gasteiger partial charge is 0.0406 e. The van der Waals surface area contributed by atoms with Crippen molar-refractivity contribution < 1.29 is 0 Å². The lowest BCUT2D eigenvalue weighted by Gasteiger charge is -2.11. The number of hydrogen-bond donors (Lipinski definition) is 1. The first kappa shape index (κ1) is 9.75. The van der Waals surface area contributed by atoms with Gasteiger partial charge in [0.15, 0.2) is 0 Å². The van der Waals surface area contributed by atoms with Gasteiger partial charge in [-0.05, 0) is 30.5 Å². The Morgan fingerprint density at radius 3 is 2.43 bits per heavy atom. The molecule has 0 heterocycles.